The highest BCUT2D eigenvalue weighted by Crippen LogP contribution is 2.19. The van der Waals surface area contributed by atoms with Crippen LogP contribution in [0.1, 0.15) is 28.9 Å². The van der Waals surface area contributed by atoms with Crippen LogP contribution in [0, 0.1) is 0 Å². The Hall–Kier alpha value is -1.68. The lowest BCUT2D eigenvalue weighted by Crippen LogP contribution is -2.26. The van der Waals surface area contributed by atoms with Crippen molar-refractivity contribution < 1.29 is 4.79 Å². The van der Waals surface area contributed by atoms with Crippen LogP contribution in [0.5, 0.6) is 0 Å². The number of nitrogens with zero attached hydrogens (tertiary/aromatic N) is 3. The van der Waals surface area contributed by atoms with Crippen molar-refractivity contribution in [3.63, 3.8) is 0 Å². The largest absolute Gasteiger partial charge is 0.307 e. The molecule has 18 heavy (non-hydrogen) atoms. The number of pyridine rings is 1. The zero-order chi connectivity index (χ0) is 12.5. The SMILES string of the molecule is CN1CCCC1Cc1cn2ccc(C=O)cc2n1. The van der Waals surface area contributed by atoms with Crippen LogP contribution in [-0.2, 0) is 6.42 Å². The number of aromatic nitrogens is 2. The van der Waals surface area contributed by atoms with Crippen LogP contribution in [0.4, 0.5) is 0 Å². The molecule has 0 bridgehead atoms. The molecule has 1 saturated heterocycles. The predicted octanol–water partition coefficient (Wildman–Crippen LogP) is 1.78. The summed E-state index contributed by atoms with van der Waals surface area (Å²) in [6.07, 6.45) is 8.35. The van der Waals surface area contributed by atoms with Crippen molar-refractivity contribution in [2.24, 2.45) is 0 Å². The van der Waals surface area contributed by atoms with Crippen molar-refractivity contribution in [1.29, 1.82) is 0 Å². The summed E-state index contributed by atoms with van der Waals surface area (Å²) < 4.78 is 1.98. The fraction of sp³-hybridized carbons (Fsp3) is 0.429. The number of likely N-dealkylation sites (N-methyl/N-ethyl adjacent to an activating group) is 1. The maximum absolute atomic E-state index is 10.7. The van der Waals surface area contributed by atoms with E-state index < -0.39 is 0 Å². The van der Waals surface area contributed by atoms with Crippen LogP contribution in [-0.4, -0.2) is 40.2 Å². The lowest BCUT2D eigenvalue weighted by molar-refractivity contribution is 0.112. The smallest absolute Gasteiger partial charge is 0.150 e. The first kappa shape index (κ1) is 11.4. The van der Waals surface area contributed by atoms with Gasteiger partial charge in [0.15, 0.2) is 0 Å². The second kappa shape index (κ2) is 4.53. The molecule has 3 rings (SSSR count). The van der Waals surface area contributed by atoms with Gasteiger partial charge in [-0.15, -0.1) is 0 Å². The number of rotatable bonds is 3. The molecule has 0 amide bonds. The first-order valence-corrected chi connectivity index (χ1v) is 6.39. The van der Waals surface area contributed by atoms with Crippen LogP contribution in [0.2, 0.25) is 0 Å². The van der Waals surface area contributed by atoms with E-state index in [1.165, 1.54) is 19.4 Å². The summed E-state index contributed by atoms with van der Waals surface area (Å²) in [5, 5.41) is 0. The Morgan fingerprint density at radius 1 is 1.56 bits per heavy atom. The van der Waals surface area contributed by atoms with Gasteiger partial charge in [-0.1, -0.05) is 0 Å². The second-order valence-corrected chi connectivity index (χ2v) is 5.06. The van der Waals surface area contributed by atoms with Gasteiger partial charge in [0.1, 0.15) is 11.9 Å². The van der Waals surface area contributed by atoms with E-state index >= 15 is 0 Å². The van der Waals surface area contributed by atoms with Gasteiger partial charge in [-0.05, 0) is 38.6 Å². The number of hydrogen-bond donors (Lipinski definition) is 0. The molecule has 4 heteroatoms. The van der Waals surface area contributed by atoms with E-state index in [-0.39, 0.29) is 0 Å². The molecule has 0 radical (unpaired) electrons. The topological polar surface area (TPSA) is 37.6 Å². The Labute approximate surface area is 106 Å². The Kier molecular flexibility index (Phi) is 2.88. The molecule has 0 N–H and O–H groups in total. The Balaban J connectivity index is 1.86. The fourth-order valence-corrected chi connectivity index (χ4v) is 2.70. The van der Waals surface area contributed by atoms with E-state index in [9.17, 15) is 4.79 Å². The number of aldehydes is 1. The fourth-order valence-electron chi connectivity index (χ4n) is 2.70. The highest BCUT2D eigenvalue weighted by molar-refractivity contribution is 5.76. The third-order valence-electron chi connectivity index (χ3n) is 3.79. The first-order chi connectivity index (χ1) is 8.76. The standard InChI is InChI=1S/C14H17N3O/c1-16-5-2-3-13(16)8-12-9-17-6-4-11(10-18)7-14(17)15-12/h4,6-7,9-10,13H,2-3,5,8H2,1H3. The molecule has 2 aromatic rings. The van der Waals surface area contributed by atoms with Crippen molar-refractivity contribution in [2.75, 3.05) is 13.6 Å². The van der Waals surface area contributed by atoms with Gasteiger partial charge in [0.25, 0.3) is 0 Å². The molecule has 0 spiro atoms. The van der Waals surface area contributed by atoms with Crippen LogP contribution in [0.15, 0.2) is 24.5 Å². The molecule has 0 aliphatic carbocycles. The number of fused-ring (bicyclic) bond motifs is 1. The van der Waals surface area contributed by atoms with E-state index in [4.69, 9.17) is 0 Å². The van der Waals surface area contributed by atoms with Crippen molar-refractivity contribution in [3.8, 4) is 0 Å². The zero-order valence-electron chi connectivity index (χ0n) is 10.5. The van der Waals surface area contributed by atoms with Gasteiger partial charge in [-0.3, -0.25) is 4.79 Å². The summed E-state index contributed by atoms with van der Waals surface area (Å²) in [4.78, 5) is 17.7. The quantitative estimate of drug-likeness (QED) is 0.771. The third-order valence-corrected chi connectivity index (χ3v) is 3.79. The minimum absolute atomic E-state index is 0.612. The average molecular weight is 243 g/mol. The molecule has 94 valence electrons. The average Bonchev–Trinajstić information content (AvgIpc) is 2.95. The van der Waals surface area contributed by atoms with Crippen molar-refractivity contribution in [1.82, 2.24) is 14.3 Å². The van der Waals surface area contributed by atoms with Crippen molar-refractivity contribution >= 4 is 11.9 Å². The van der Waals surface area contributed by atoms with Gasteiger partial charge in [-0.25, -0.2) is 4.98 Å². The molecular weight excluding hydrogens is 226 g/mol. The normalized spacial score (nSPS) is 20.6. The lowest BCUT2D eigenvalue weighted by atomic mass is 10.1. The Morgan fingerprint density at radius 3 is 3.17 bits per heavy atom. The summed E-state index contributed by atoms with van der Waals surface area (Å²) >= 11 is 0. The van der Waals surface area contributed by atoms with Crippen LogP contribution < -0.4 is 0 Å². The molecule has 0 saturated carbocycles. The zero-order valence-corrected chi connectivity index (χ0v) is 10.5. The van der Waals surface area contributed by atoms with E-state index in [0.717, 1.165) is 24.0 Å². The second-order valence-electron chi connectivity index (χ2n) is 5.06. The van der Waals surface area contributed by atoms with E-state index in [2.05, 4.69) is 23.1 Å². The Morgan fingerprint density at radius 2 is 2.44 bits per heavy atom. The van der Waals surface area contributed by atoms with Crippen molar-refractivity contribution in [2.45, 2.75) is 25.3 Å². The number of likely N-dealkylation sites (tertiary alicyclic amines) is 1. The molecule has 1 fully saturated rings. The summed E-state index contributed by atoms with van der Waals surface area (Å²) in [6, 6.07) is 4.25. The van der Waals surface area contributed by atoms with Gasteiger partial charge >= 0.3 is 0 Å². The summed E-state index contributed by atoms with van der Waals surface area (Å²) in [7, 11) is 2.18. The molecule has 0 aromatic carbocycles. The molecule has 1 aliphatic rings. The third kappa shape index (κ3) is 2.04. The summed E-state index contributed by atoms with van der Waals surface area (Å²) in [5.41, 5.74) is 2.64. The highest BCUT2D eigenvalue weighted by Gasteiger charge is 2.21. The number of imidazole rings is 1. The van der Waals surface area contributed by atoms with E-state index in [1.807, 2.05) is 22.7 Å². The molecule has 3 heterocycles. The van der Waals surface area contributed by atoms with Crippen LogP contribution in [0.25, 0.3) is 5.65 Å². The Bertz CT molecular complexity index is 575. The molecular formula is C14H17N3O. The summed E-state index contributed by atoms with van der Waals surface area (Å²) in [5.74, 6) is 0. The predicted molar refractivity (Wildman–Crippen MR) is 69.9 cm³/mol. The maximum Gasteiger partial charge on any atom is 0.150 e. The van der Waals surface area contributed by atoms with Gasteiger partial charge < -0.3 is 9.30 Å². The summed E-state index contributed by atoms with van der Waals surface area (Å²) in [6.45, 7) is 1.19. The van der Waals surface area contributed by atoms with Gasteiger partial charge in [0.2, 0.25) is 0 Å². The van der Waals surface area contributed by atoms with E-state index in [1.54, 1.807) is 0 Å². The highest BCUT2D eigenvalue weighted by atomic mass is 16.1. The monoisotopic (exact) mass is 243 g/mol. The molecule has 1 aliphatic heterocycles. The van der Waals surface area contributed by atoms with Gasteiger partial charge in [0.05, 0.1) is 5.69 Å². The maximum atomic E-state index is 10.7. The molecule has 1 unspecified atom stereocenters. The minimum atomic E-state index is 0.612. The molecule has 4 nitrogen and oxygen atoms in total. The van der Waals surface area contributed by atoms with Crippen LogP contribution >= 0.6 is 0 Å². The van der Waals surface area contributed by atoms with Crippen LogP contribution in [0.3, 0.4) is 0 Å². The first-order valence-electron chi connectivity index (χ1n) is 6.39. The number of hydrogen-bond acceptors (Lipinski definition) is 3. The van der Waals surface area contributed by atoms with E-state index in [0.29, 0.717) is 11.6 Å². The molecule has 2 aromatic heterocycles. The lowest BCUT2D eigenvalue weighted by Gasteiger charge is -2.17. The van der Waals surface area contributed by atoms with Gasteiger partial charge in [0, 0.05) is 30.4 Å². The van der Waals surface area contributed by atoms with Crippen molar-refractivity contribution in [3.05, 3.63) is 35.8 Å². The number of carbonyl (C=O) groups is 1. The number of carbonyl (C=O) groups excluding carboxylic acids is 1. The van der Waals surface area contributed by atoms with Gasteiger partial charge in [-0.2, -0.15) is 0 Å². The minimum Gasteiger partial charge on any atom is -0.307 e. The molecule has 1 atom stereocenters.